The normalized spacial score (nSPS) is 24.1. The standard InChI is InChI=1S/C22H25N5O/c28-22-8-4-7-20-18-12-19(14-25(13-18)9-10-26-15-23-24-16-26)21(27(20)22)11-17-5-2-1-3-6-17/h1-8,15-16,18-19,21H,9-14H2/t18-,19+,21+/m1/s1. The summed E-state index contributed by atoms with van der Waals surface area (Å²) >= 11 is 0. The Balaban J connectivity index is 1.43. The summed E-state index contributed by atoms with van der Waals surface area (Å²) in [4.78, 5) is 15.3. The molecule has 1 saturated heterocycles. The van der Waals surface area contributed by atoms with E-state index in [4.69, 9.17) is 0 Å². The Kier molecular flexibility index (Phi) is 4.56. The van der Waals surface area contributed by atoms with E-state index in [1.807, 2.05) is 16.7 Å². The van der Waals surface area contributed by atoms with Gasteiger partial charge >= 0.3 is 0 Å². The van der Waals surface area contributed by atoms with E-state index in [0.29, 0.717) is 11.8 Å². The van der Waals surface area contributed by atoms with E-state index in [-0.39, 0.29) is 11.6 Å². The fourth-order valence-corrected chi connectivity index (χ4v) is 5.03. The van der Waals surface area contributed by atoms with Crippen molar-refractivity contribution in [2.45, 2.75) is 31.3 Å². The highest BCUT2D eigenvalue weighted by Gasteiger charge is 2.40. The fourth-order valence-electron chi connectivity index (χ4n) is 5.03. The maximum atomic E-state index is 12.8. The molecule has 3 atom stereocenters. The van der Waals surface area contributed by atoms with Gasteiger partial charge in [-0.3, -0.25) is 4.79 Å². The summed E-state index contributed by atoms with van der Waals surface area (Å²) in [7, 11) is 0. The summed E-state index contributed by atoms with van der Waals surface area (Å²) in [5, 5.41) is 7.80. The Morgan fingerprint density at radius 2 is 1.75 bits per heavy atom. The molecule has 0 spiro atoms. The molecule has 2 aromatic heterocycles. The number of rotatable bonds is 5. The third-order valence-corrected chi connectivity index (χ3v) is 6.30. The van der Waals surface area contributed by atoms with Crippen LogP contribution in [0, 0.1) is 5.92 Å². The van der Waals surface area contributed by atoms with Crippen LogP contribution in [0.4, 0.5) is 0 Å². The van der Waals surface area contributed by atoms with Crippen molar-refractivity contribution in [3.8, 4) is 0 Å². The summed E-state index contributed by atoms with van der Waals surface area (Å²) in [5.41, 5.74) is 2.65. The second-order valence-corrected chi connectivity index (χ2v) is 8.07. The molecule has 0 N–H and O–H groups in total. The van der Waals surface area contributed by atoms with E-state index < -0.39 is 0 Å². The number of likely N-dealkylation sites (tertiary alicyclic amines) is 1. The molecule has 0 aliphatic carbocycles. The van der Waals surface area contributed by atoms with E-state index in [2.05, 4.69) is 50.0 Å². The first-order valence-corrected chi connectivity index (χ1v) is 10.1. The summed E-state index contributed by atoms with van der Waals surface area (Å²) in [6, 6.07) is 16.6. The van der Waals surface area contributed by atoms with Crippen molar-refractivity contribution >= 4 is 0 Å². The van der Waals surface area contributed by atoms with E-state index in [1.165, 1.54) is 17.7 Å². The molecule has 5 rings (SSSR count). The van der Waals surface area contributed by atoms with Gasteiger partial charge < -0.3 is 14.0 Å². The Hall–Kier alpha value is -2.73. The number of hydrogen-bond acceptors (Lipinski definition) is 4. The van der Waals surface area contributed by atoms with Gasteiger partial charge in [0.2, 0.25) is 0 Å². The molecule has 0 unspecified atom stereocenters. The third-order valence-electron chi connectivity index (χ3n) is 6.30. The minimum absolute atomic E-state index is 0.145. The lowest BCUT2D eigenvalue weighted by atomic mass is 9.76. The molecular weight excluding hydrogens is 350 g/mol. The zero-order valence-corrected chi connectivity index (χ0v) is 15.9. The molecule has 1 aromatic carbocycles. The van der Waals surface area contributed by atoms with Gasteiger partial charge in [-0.25, -0.2) is 0 Å². The topological polar surface area (TPSA) is 56.0 Å². The lowest BCUT2D eigenvalue weighted by molar-refractivity contribution is 0.0878. The van der Waals surface area contributed by atoms with Crippen LogP contribution in [0.25, 0.3) is 0 Å². The molecule has 2 bridgehead atoms. The number of benzene rings is 1. The SMILES string of the molecule is O=c1cccc2n1[C@@H](Cc1ccccc1)[C@H]1C[C@@H]2CN(CCn2cnnc2)C1. The van der Waals surface area contributed by atoms with Crippen molar-refractivity contribution in [3.63, 3.8) is 0 Å². The molecule has 6 heteroatoms. The van der Waals surface area contributed by atoms with E-state index in [1.54, 1.807) is 18.7 Å². The van der Waals surface area contributed by atoms with Crippen LogP contribution in [0.3, 0.4) is 0 Å². The summed E-state index contributed by atoms with van der Waals surface area (Å²) in [6.45, 7) is 3.94. The Morgan fingerprint density at radius 1 is 0.929 bits per heavy atom. The largest absolute Gasteiger partial charge is 0.319 e. The summed E-state index contributed by atoms with van der Waals surface area (Å²) in [5.74, 6) is 0.924. The van der Waals surface area contributed by atoms with E-state index in [9.17, 15) is 4.79 Å². The van der Waals surface area contributed by atoms with Gasteiger partial charge in [-0.1, -0.05) is 36.4 Å². The second kappa shape index (κ2) is 7.36. The van der Waals surface area contributed by atoms with Gasteiger partial charge in [0, 0.05) is 49.9 Å². The van der Waals surface area contributed by atoms with Crippen LogP contribution in [0.2, 0.25) is 0 Å². The van der Waals surface area contributed by atoms with Gasteiger partial charge in [-0.15, -0.1) is 10.2 Å². The van der Waals surface area contributed by atoms with Crippen molar-refractivity contribution in [3.05, 3.63) is 82.8 Å². The van der Waals surface area contributed by atoms with Gasteiger partial charge in [-0.05, 0) is 30.4 Å². The number of pyridine rings is 1. The molecule has 4 heterocycles. The second-order valence-electron chi connectivity index (χ2n) is 8.07. The molecule has 2 aliphatic rings. The minimum Gasteiger partial charge on any atom is -0.319 e. The summed E-state index contributed by atoms with van der Waals surface area (Å²) < 4.78 is 4.13. The van der Waals surface area contributed by atoms with Crippen LogP contribution >= 0.6 is 0 Å². The number of nitrogens with zero attached hydrogens (tertiary/aromatic N) is 5. The monoisotopic (exact) mass is 375 g/mol. The molecule has 28 heavy (non-hydrogen) atoms. The maximum Gasteiger partial charge on any atom is 0.251 e. The van der Waals surface area contributed by atoms with Crippen LogP contribution in [0.15, 0.2) is 66.0 Å². The van der Waals surface area contributed by atoms with Crippen LogP contribution in [0.1, 0.15) is 29.6 Å². The first kappa shape index (κ1) is 17.4. The fraction of sp³-hybridized carbons (Fsp3) is 0.409. The van der Waals surface area contributed by atoms with Crippen LogP contribution < -0.4 is 5.56 Å². The Labute approximate surface area is 164 Å². The molecule has 2 aliphatic heterocycles. The Bertz CT molecular complexity index is 982. The average Bonchev–Trinajstić information content (AvgIpc) is 3.24. The number of fused-ring (bicyclic) bond motifs is 4. The van der Waals surface area contributed by atoms with Crippen molar-refractivity contribution in [2.24, 2.45) is 5.92 Å². The number of piperidine rings is 1. The first-order valence-electron chi connectivity index (χ1n) is 10.1. The van der Waals surface area contributed by atoms with Gasteiger partial charge in [0.1, 0.15) is 12.7 Å². The van der Waals surface area contributed by atoms with Crippen molar-refractivity contribution < 1.29 is 0 Å². The predicted octanol–water partition coefficient (Wildman–Crippen LogP) is 2.34. The average molecular weight is 375 g/mol. The Morgan fingerprint density at radius 3 is 2.57 bits per heavy atom. The van der Waals surface area contributed by atoms with Crippen molar-refractivity contribution in [2.75, 3.05) is 19.6 Å². The molecule has 0 radical (unpaired) electrons. The highest BCUT2D eigenvalue weighted by atomic mass is 16.1. The number of hydrogen-bond donors (Lipinski definition) is 0. The van der Waals surface area contributed by atoms with Crippen LogP contribution in [0.5, 0.6) is 0 Å². The van der Waals surface area contributed by atoms with Crippen LogP contribution in [-0.2, 0) is 13.0 Å². The van der Waals surface area contributed by atoms with Gasteiger partial charge in [-0.2, -0.15) is 0 Å². The first-order chi connectivity index (χ1) is 13.8. The zero-order valence-electron chi connectivity index (χ0n) is 15.9. The molecule has 144 valence electrons. The van der Waals surface area contributed by atoms with E-state index >= 15 is 0 Å². The lowest BCUT2D eigenvalue weighted by Gasteiger charge is -2.47. The quantitative estimate of drug-likeness (QED) is 0.687. The highest BCUT2D eigenvalue weighted by molar-refractivity contribution is 5.22. The van der Waals surface area contributed by atoms with Crippen molar-refractivity contribution in [1.29, 1.82) is 0 Å². The molecule has 1 fully saturated rings. The smallest absolute Gasteiger partial charge is 0.251 e. The molecule has 0 amide bonds. The lowest BCUT2D eigenvalue weighted by Crippen LogP contribution is -2.50. The zero-order chi connectivity index (χ0) is 18.9. The number of aromatic nitrogens is 4. The highest BCUT2D eigenvalue weighted by Crippen LogP contribution is 2.42. The third kappa shape index (κ3) is 3.29. The van der Waals surface area contributed by atoms with E-state index in [0.717, 1.165) is 32.6 Å². The van der Waals surface area contributed by atoms with Crippen molar-refractivity contribution in [1.82, 2.24) is 24.2 Å². The van der Waals surface area contributed by atoms with Gasteiger partial charge in [0.15, 0.2) is 0 Å². The minimum atomic E-state index is 0.145. The molecule has 3 aromatic rings. The van der Waals surface area contributed by atoms with Crippen LogP contribution in [-0.4, -0.2) is 43.9 Å². The molecule has 6 nitrogen and oxygen atoms in total. The van der Waals surface area contributed by atoms with Gasteiger partial charge in [0.25, 0.3) is 5.56 Å². The maximum absolute atomic E-state index is 12.8. The molecule has 0 saturated carbocycles. The predicted molar refractivity (Wildman–Crippen MR) is 107 cm³/mol. The summed E-state index contributed by atoms with van der Waals surface area (Å²) in [6.07, 6.45) is 5.63. The molecular formula is C22H25N5O. The van der Waals surface area contributed by atoms with Gasteiger partial charge in [0.05, 0.1) is 0 Å².